The number of halogens is 2. The Morgan fingerprint density at radius 3 is 2.38 bits per heavy atom. The predicted molar refractivity (Wildman–Crippen MR) is 165 cm³/mol. The summed E-state index contributed by atoms with van der Waals surface area (Å²) in [7, 11) is 0. The first kappa shape index (κ1) is 26.8. The Morgan fingerprint density at radius 2 is 1.70 bits per heavy atom. The van der Waals surface area contributed by atoms with Gasteiger partial charge < -0.3 is 19.7 Å². The third-order valence-electron chi connectivity index (χ3n) is 8.31. The van der Waals surface area contributed by atoms with E-state index < -0.39 is 0 Å². The van der Waals surface area contributed by atoms with Crippen molar-refractivity contribution in [3.8, 4) is 5.69 Å². The van der Waals surface area contributed by atoms with E-state index in [1.807, 2.05) is 42.6 Å². The topological polar surface area (TPSA) is 36.3 Å². The minimum Gasteiger partial charge on any atom is -0.370 e. The molecule has 4 aromatic rings. The minimum atomic E-state index is -0.252. The zero-order valence-electron chi connectivity index (χ0n) is 22.9. The second-order valence-electron chi connectivity index (χ2n) is 10.9. The molecule has 0 bridgehead atoms. The van der Waals surface area contributed by atoms with E-state index in [0.29, 0.717) is 5.11 Å². The van der Waals surface area contributed by atoms with Crippen molar-refractivity contribution >= 4 is 40.3 Å². The number of benzene rings is 2. The van der Waals surface area contributed by atoms with Crippen molar-refractivity contribution in [3.63, 3.8) is 0 Å². The largest absolute Gasteiger partial charge is 0.370 e. The summed E-state index contributed by atoms with van der Waals surface area (Å²) >= 11 is 12.9. The van der Waals surface area contributed by atoms with Gasteiger partial charge in [0, 0.05) is 42.0 Å². The molecule has 4 heterocycles. The van der Waals surface area contributed by atoms with Gasteiger partial charge in [-0.3, -0.25) is 4.98 Å². The third kappa shape index (κ3) is 4.86. The number of hydrogen-bond acceptors (Lipinski definition) is 3. The summed E-state index contributed by atoms with van der Waals surface area (Å²) in [6.45, 7) is 8.53. The molecular formula is C32H33ClFN5S. The maximum Gasteiger partial charge on any atom is 0.174 e. The van der Waals surface area contributed by atoms with Crippen LogP contribution in [0, 0.1) is 25.6 Å². The van der Waals surface area contributed by atoms with Gasteiger partial charge >= 0.3 is 0 Å². The number of thiocarbonyl (C=S) groups is 1. The molecule has 0 spiro atoms. The summed E-state index contributed by atoms with van der Waals surface area (Å²) in [5, 5.41) is 4.91. The van der Waals surface area contributed by atoms with Crippen molar-refractivity contribution in [3.05, 3.63) is 106 Å². The number of nitrogens with one attached hydrogen (secondary N) is 1. The molecule has 0 amide bonds. The van der Waals surface area contributed by atoms with Gasteiger partial charge in [0.2, 0.25) is 0 Å². The van der Waals surface area contributed by atoms with Crippen molar-refractivity contribution in [2.75, 3.05) is 22.9 Å². The van der Waals surface area contributed by atoms with Crippen molar-refractivity contribution in [1.29, 1.82) is 0 Å². The Hall–Kier alpha value is -3.42. The highest BCUT2D eigenvalue weighted by Gasteiger charge is 2.42. The number of aryl methyl sites for hydroxylation is 1. The van der Waals surface area contributed by atoms with Gasteiger partial charge in [-0.1, -0.05) is 24.6 Å². The van der Waals surface area contributed by atoms with Crippen LogP contribution < -0.4 is 15.1 Å². The molecule has 2 fully saturated rings. The molecule has 206 valence electrons. The summed E-state index contributed by atoms with van der Waals surface area (Å²) < 4.78 is 15.9. The maximum absolute atomic E-state index is 13.7. The van der Waals surface area contributed by atoms with Gasteiger partial charge in [-0.05, 0) is 111 Å². The van der Waals surface area contributed by atoms with Gasteiger partial charge in [0.05, 0.1) is 28.5 Å². The fourth-order valence-corrected chi connectivity index (χ4v) is 6.82. The van der Waals surface area contributed by atoms with Gasteiger partial charge in [0.15, 0.2) is 5.11 Å². The van der Waals surface area contributed by atoms with E-state index in [0.717, 1.165) is 63.7 Å². The van der Waals surface area contributed by atoms with Gasteiger partial charge in [0.25, 0.3) is 0 Å². The van der Waals surface area contributed by atoms with E-state index in [2.05, 4.69) is 58.7 Å². The van der Waals surface area contributed by atoms with Crippen LogP contribution in [0.2, 0.25) is 5.02 Å². The monoisotopic (exact) mass is 573 g/mol. The van der Waals surface area contributed by atoms with Gasteiger partial charge in [-0.2, -0.15) is 0 Å². The van der Waals surface area contributed by atoms with Gasteiger partial charge in [-0.25, -0.2) is 4.39 Å². The fraction of sp³-hybridized carbons (Fsp3) is 0.312. The predicted octanol–water partition coefficient (Wildman–Crippen LogP) is 7.70. The van der Waals surface area contributed by atoms with E-state index in [-0.39, 0.29) is 17.9 Å². The molecule has 1 N–H and O–H groups in total. The summed E-state index contributed by atoms with van der Waals surface area (Å²) in [4.78, 5) is 9.25. The van der Waals surface area contributed by atoms with E-state index in [1.165, 1.54) is 25.0 Å². The molecule has 2 aromatic heterocycles. The van der Waals surface area contributed by atoms with Crippen LogP contribution in [-0.4, -0.2) is 27.8 Å². The van der Waals surface area contributed by atoms with E-state index in [4.69, 9.17) is 28.8 Å². The maximum atomic E-state index is 13.7. The fourth-order valence-electron chi connectivity index (χ4n) is 6.18. The van der Waals surface area contributed by atoms with Crippen LogP contribution in [0.3, 0.4) is 0 Å². The zero-order valence-corrected chi connectivity index (χ0v) is 24.5. The normalized spacial score (nSPS) is 19.8. The van der Waals surface area contributed by atoms with Crippen LogP contribution in [0.25, 0.3) is 5.69 Å². The lowest BCUT2D eigenvalue weighted by atomic mass is 9.96. The summed E-state index contributed by atoms with van der Waals surface area (Å²) in [6, 6.07) is 20.7. The highest BCUT2D eigenvalue weighted by Crippen LogP contribution is 2.45. The third-order valence-corrected chi connectivity index (χ3v) is 8.92. The lowest BCUT2D eigenvalue weighted by molar-refractivity contribution is 0.438. The van der Waals surface area contributed by atoms with Crippen molar-refractivity contribution in [2.45, 2.75) is 45.7 Å². The van der Waals surface area contributed by atoms with Crippen LogP contribution in [0.4, 0.5) is 15.8 Å². The molecule has 5 nitrogen and oxygen atoms in total. The second-order valence-corrected chi connectivity index (χ2v) is 11.7. The molecule has 0 radical (unpaired) electrons. The molecule has 0 unspecified atom stereocenters. The standard InChI is InChI=1S/C32H33ClFN5S/c1-20-13-16-37(17-14-20)29-12-11-25(19-27(29)33)39-31(30(36-32(39)40)28-6-4-5-15-35-28)26-18-21(2)38(22(26)3)24-9-7-23(34)8-10-24/h4-12,15,18-20,30-31H,13-14,16-17H2,1-3H3,(H,36,40)/t30-,31+/m1/s1. The Labute approximate surface area is 245 Å². The van der Waals surface area contributed by atoms with Crippen molar-refractivity contribution in [2.24, 2.45) is 5.92 Å². The molecule has 0 saturated carbocycles. The van der Waals surface area contributed by atoms with E-state index in [1.54, 1.807) is 0 Å². The molecular weight excluding hydrogens is 541 g/mol. The quantitative estimate of drug-likeness (QED) is 0.248. The highest BCUT2D eigenvalue weighted by molar-refractivity contribution is 7.80. The lowest BCUT2D eigenvalue weighted by Crippen LogP contribution is -2.33. The Bertz CT molecular complexity index is 1530. The lowest BCUT2D eigenvalue weighted by Gasteiger charge is -2.33. The van der Waals surface area contributed by atoms with Crippen LogP contribution in [0.15, 0.2) is 72.9 Å². The first-order chi connectivity index (χ1) is 19.3. The van der Waals surface area contributed by atoms with Gasteiger partial charge in [0.1, 0.15) is 5.82 Å². The Kier molecular flexibility index (Phi) is 7.27. The number of pyridine rings is 1. The van der Waals surface area contributed by atoms with Crippen LogP contribution in [0.5, 0.6) is 0 Å². The summed E-state index contributed by atoms with van der Waals surface area (Å²) in [6.07, 6.45) is 4.16. The first-order valence-corrected chi connectivity index (χ1v) is 14.6. The molecule has 8 heteroatoms. The number of aromatic nitrogens is 2. The molecule has 2 aromatic carbocycles. The SMILES string of the molecule is Cc1cc([C@H]2[C@@H](c3ccccn3)NC(=S)N2c2ccc(N3CCC(C)CC3)c(Cl)c2)c(C)n1-c1ccc(F)cc1. The molecule has 0 aliphatic carbocycles. The van der Waals surface area contributed by atoms with Crippen molar-refractivity contribution in [1.82, 2.24) is 14.9 Å². The number of hydrogen-bond donors (Lipinski definition) is 1. The average molecular weight is 574 g/mol. The molecule has 2 aliphatic rings. The molecule has 6 rings (SSSR count). The summed E-state index contributed by atoms with van der Waals surface area (Å²) in [5.41, 5.74) is 7.08. The number of piperidine rings is 1. The highest BCUT2D eigenvalue weighted by atomic mass is 35.5. The second kappa shape index (κ2) is 10.9. The Morgan fingerprint density at radius 1 is 0.975 bits per heavy atom. The van der Waals surface area contributed by atoms with Crippen LogP contribution >= 0.6 is 23.8 Å². The number of nitrogens with zero attached hydrogens (tertiary/aromatic N) is 4. The zero-order chi connectivity index (χ0) is 28.0. The van der Waals surface area contributed by atoms with Gasteiger partial charge in [-0.15, -0.1) is 0 Å². The van der Waals surface area contributed by atoms with Crippen molar-refractivity contribution < 1.29 is 4.39 Å². The minimum absolute atomic E-state index is 0.166. The molecule has 40 heavy (non-hydrogen) atoms. The van der Waals surface area contributed by atoms with E-state index >= 15 is 0 Å². The smallest absolute Gasteiger partial charge is 0.174 e. The number of rotatable bonds is 5. The number of anilines is 2. The summed E-state index contributed by atoms with van der Waals surface area (Å²) in [5.74, 6) is 0.498. The van der Waals surface area contributed by atoms with Crippen LogP contribution in [0.1, 0.15) is 54.5 Å². The molecule has 2 aliphatic heterocycles. The first-order valence-electron chi connectivity index (χ1n) is 13.8. The molecule has 2 atom stereocenters. The van der Waals surface area contributed by atoms with Crippen LogP contribution in [-0.2, 0) is 0 Å². The molecule has 2 saturated heterocycles. The van der Waals surface area contributed by atoms with E-state index in [9.17, 15) is 4.39 Å². The average Bonchev–Trinajstić information content (AvgIpc) is 3.45. The Balaban J connectivity index is 1.43.